The number of alkyl halides is 3. The van der Waals surface area contributed by atoms with Crippen molar-refractivity contribution in [3.63, 3.8) is 0 Å². The van der Waals surface area contributed by atoms with Crippen LogP contribution in [0.3, 0.4) is 0 Å². The molecule has 1 saturated heterocycles. The summed E-state index contributed by atoms with van der Waals surface area (Å²) in [7, 11) is 0. The van der Waals surface area contributed by atoms with Crippen LogP contribution < -0.4 is 5.32 Å². The fraction of sp³-hybridized carbons (Fsp3) is 0.500. The number of carbonyl (C=O) groups is 2. The lowest BCUT2D eigenvalue weighted by Crippen LogP contribution is -2.49. The largest absolute Gasteiger partial charge is 0.424 e. The van der Waals surface area contributed by atoms with Gasteiger partial charge in [0.15, 0.2) is 0 Å². The summed E-state index contributed by atoms with van der Waals surface area (Å²) in [5.74, 6) is -1.03. The van der Waals surface area contributed by atoms with Crippen molar-refractivity contribution in [3.8, 4) is 0 Å². The van der Waals surface area contributed by atoms with E-state index < -0.39 is 29.1 Å². The van der Waals surface area contributed by atoms with E-state index in [1.165, 1.54) is 17.2 Å². The first kappa shape index (κ1) is 23.1. The first-order valence-electron chi connectivity index (χ1n) is 9.72. The number of aliphatic hydroxyl groups is 1. The van der Waals surface area contributed by atoms with Crippen LogP contribution in [-0.4, -0.2) is 51.1 Å². The van der Waals surface area contributed by atoms with Gasteiger partial charge in [0.25, 0.3) is 0 Å². The van der Waals surface area contributed by atoms with E-state index in [4.69, 9.17) is 0 Å². The number of thiazole rings is 1. The molecule has 2 amide bonds. The fourth-order valence-electron chi connectivity index (χ4n) is 3.33. The Hall–Kier alpha value is -2.53. The summed E-state index contributed by atoms with van der Waals surface area (Å²) in [5.41, 5.74) is -2.05. The van der Waals surface area contributed by atoms with E-state index in [0.29, 0.717) is 35.7 Å². The highest BCUT2D eigenvalue weighted by molar-refractivity contribution is 7.09. The Morgan fingerprint density at radius 3 is 2.45 bits per heavy atom. The number of likely N-dealkylation sites (tertiary alicyclic amines) is 1. The van der Waals surface area contributed by atoms with Crippen LogP contribution in [0.15, 0.2) is 23.7 Å². The third kappa shape index (κ3) is 5.21. The number of nitrogens with zero attached hydrogens (tertiary/aromatic N) is 3. The highest BCUT2D eigenvalue weighted by Crippen LogP contribution is 2.43. The Bertz CT molecular complexity index is 940. The van der Waals surface area contributed by atoms with E-state index in [1.807, 2.05) is 13.0 Å². The van der Waals surface area contributed by atoms with Gasteiger partial charge < -0.3 is 15.3 Å². The number of nitrogens with one attached hydrogen (secondary N) is 1. The van der Waals surface area contributed by atoms with Gasteiger partial charge in [0.2, 0.25) is 17.4 Å². The molecule has 31 heavy (non-hydrogen) atoms. The molecule has 7 nitrogen and oxygen atoms in total. The maximum atomic E-state index is 13.6. The number of halogens is 3. The number of anilines is 1. The van der Waals surface area contributed by atoms with Crippen molar-refractivity contribution >= 4 is 29.0 Å². The number of pyridine rings is 1. The lowest BCUT2D eigenvalue weighted by molar-refractivity contribution is -0.268. The van der Waals surface area contributed by atoms with Gasteiger partial charge in [-0.15, -0.1) is 11.3 Å². The van der Waals surface area contributed by atoms with Crippen molar-refractivity contribution in [3.05, 3.63) is 40.0 Å². The summed E-state index contributed by atoms with van der Waals surface area (Å²) < 4.78 is 40.8. The minimum Gasteiger partial charge on any atom is -0.374 e. The maximum Gasteiger partial charge on any atom is 0.424 e. The number of hydrogen-bond donors (Lipinski definition) is 2. The van der Waals surface area contributed by atoms with Gasteiger partial charge in [-0.25, -0.2) is 9.97 Å². The second kappa shape index (κ2) is 8.91. The van der Waals surface area contributed by atoms with E-state index in [1.54, 1.807) is 12.3 Å². The Balaban J connectivity index is 1.60. The molecule has 1 fully saturated rings. The SMILES string of the molecule is Cc1ccc(NC(=O)C2CCN(C(=O)CC(O)(c3nc(C)cs3)C(F)(F)F)CC2)nc1. The molecule has 3 heterocycles. The van der Waals surface area contributed by atoms with Crippen molar-refractivity contribution in [1.29, 1.82) is 0 Å². The first-order chi connectivity index (χ1) is 14.5. The number of aromatic nitrogens is 2. The average Bonchev–Trinajstić information content (AvgIpc) is 3.15. The third-order valence-corrected chi connectivity index (χ3v) is 6.34. The smallest absolute Gasteiger partial charge is 0.374 e. The molecule has 0 spiro atoms. The number of aryl methyl sites for hydroxylation is 2. The van der Waals surface area contributed by atoms with Crippen molar-refractivity contribution in [2.75, 3.05) is 18.4 Å². The first-order valence-corrected chi connectivity index (χ1v) is 10.6. The Kier molecular flexibility index (Phi) is 6.65. The molecule has 168 valence electrons. The van der Waals surface area contributed by atoms with Crippen LogP contribution in [0.1, 0.15) is 35.5 Å². The maximum absolute atomic E-state index is 13.6. The van der Waals surface area contributed by atoms with Crippen molar-refractivity contribution in [2.45, 2.75) is 44.9 Å². The Morgan fingerprint density at radius 2 is 1.94 bits per heavy atom. The molecule has 2 aromatic heterocycles. The summed E-state index contributed by atoms with van der Waals surface area (Å²) >= 11 is 0.667. The van der Waals surface area contributed by atoms with Crippen LogP contribution in [0.25, 0.3) is 0 Å². The monoisotopic (exact) mass is 456 g/mol. The normalized spacial score (nSPS) is 17.3. The zero-order valence-corrected chi connectivity index (χ0v) is 17.9. The van der Waals surface area contributed by atoms with Crippen LogP contribution in [0.5, 0.6) is 0 Å². The van der Waals surface area contributed by atoms with Gasteiger partial charge in [0.1, 0.15) is 10.8 Å². The highest BCUT2D eigenvalue weighted by Gasteiger charge is 2.58. The van der Waals surface area contributed by atoms with Crippen molar-refractivity contribution in [1.82, 2.24) is 14.9 Å². The lowest BCUT2D eigenvalue weighted by atomic mass is 9.94. The molecule has 0 bridgehead atoms. The zero-order chi connectivity index (χ0) is 22.8. The second-order valence-electron chi connectivity index (χ2n) is 7.69. The van der Waals surface area contributed by atoms with Crippen LogP contribution in [0, 0.1) is 19.8 Å². The number of piperidine rings is 1. The molecule has 1 unspecified atom stereocenters. The van der Waals surface area contributed by atoms with Crippen LogP contribution >= 0.6 is 11.3 Å². The summed E-state index contributed by atoms with van der Waals surface area (Å²) in [6, 6.07) is 3.50. The average molecular weight is 456 g/mol. The van der Waals surface area contributed by atoms with Crippen LogP contribution in [0.2, 0.25) is 0 Å². The van der Waals surface area contributed by atoms with Gasteiger partial charge in [0, 0.05) is 36.3 Å². The number of hydrogen-bond acceptors (Lipinski definition) is 6. The fourth-order valence-corrected chi connectivity index (χ4v) is 4.25. The predicted molar refractivity (Wildman–Crippen MR) is 108 cm³/mol. The number of rotatable bonds is 5. The minimum atomic E-state index is -5.05. The molecule has 2 N–H and O–H groups in total. The molecule has 1 atom stereocenters. The Labute approximate surface area is 181 Å². The molecule has 0 aromatic carbocycles. The number of carbonyl (C=O) groups excluding carboxylic acids is 2. The molecular formula is C20H23F3N4O3S. The molecular weight excluding hydrogens is 433 g/mol. The van der Waals surface area contributed by atoms with Crippen LogP contribution in [-0.2, 0) is 15.2 Å². The predicted octanol–water partition coefficient (Wildman–Crippen LogP) is 3.17. The lowest BCUT2D eigenvalue weighted by Gasteiger charge is -2.34. The summed E-state index contributed by atoms with van der Waals surface area (Å²) in [6.07, 6.45) is -3.95. The van der Waals surface area contributed by atoms with Gasteiger partial charge in [-0.2, -0.15) is 13.2 Å². The van der Waals surface area contributed by atoms with Crippen LogP contribution in [0.4, 0.5) is 19.0 Å². The van der Waals surface area contributed by atoms with Crippen molar-refractivity contribution in [2.24, 2.45) is 5.92 Å². The molecule has 0 radical (unpaired) electrons. The van der Waals surface area contributed by atoms with Gasteiger partial charge in [-0.1, -0.05) is 6.07 Å². The van der Waals surface area contributed by atoms with E-state index >= 15 is 0 Å². The van der Waals surface area contributed by atoms with Gasteiger partial charge in [-0.3, -0.25) is 9.59 Å². The standard InChI is InChI=1S/C20H23F3N4O3S/c1-12-3-4-15(24-10-12)26-17(29)14-5-7-27(8-6-14)16(28)9-19(30,20(21,22)23)18-25-13(2)11-31-18/h3-4,10-11,14,30H,5-9H2,1-2H3,(H,24,26,29). The van der Waals surface area contributed by atoms with Gasteiger partial charge in [-0.05, 0) is 38.3 Å². The van der Waals surface area contributed by atoms with Gasteiger partial charge >= 0.3 is 6.18 Å². The van der Waals surface area contributed by atoms with E-state index in [0.717, 1.165) is 5.56 Å². The second-order valence-corrected chi connectivity index (χ2v) is 8.55. The molecule has 0 saturated carbocycles. The molecule has 0 aliphatic carbocycles. The van der Waals surface area contributed by atoms with Gasteiger partial charge in [0.05, 0.1) is 6.42 Å². The van der Waals surface area contributed by atoms with Crippen molar-refractivity contribution < 1.29 is 27.9 Å². The van der Waals surface area contributed by atoms with E-state index in [9.17, 15) is 27.9 Å². The topological polar surface area (TPSA) is 95.4 Å². The molecule has 1 aliphatic rings. The summed E-state index contributed by atoms with van der Waals surface area (Å²) in [5, 5.41) is 13.9. The molecule has 2 aromatic rings. The third-order valence-electron chi connectivity index (χ3n) is 5.23. The molecule has 3 rings (SSSR count). The van der Waals surface area contributed by atoms with E-state index in [2.05, 4.69) is 15.3 Å². The summed E-state index contributed by atoms with van der Waals surface area (Å²) in [6.45, 7) is 3.65. The molecule has 1 aliphatic heterocycles. The highest BCUT2D eigenvalue weighted by atomic mass is 32.1. The van der Waals surface area contributed by atoms with E-state index in [-0.39, 0.29) is 24.9 Å². The zero-order valence-electron chi connectivity index (χ0n) is 17.1. The quantitative estimate of drug-likeness (QED) is 0.721. The number of amides is 2. The summed E-state index contributed by atoms with van der Waals surface area (Å²) in [4.78, 5) is 34.1. The Morgan fingerprint density at radius 1 is 1.26 bits per heavy atom. The minimum absolute atomic E-state index is 0.128. The molecule has 11 heteroatoms.